The fraction of sp³-hybridized carbons (Fsp3) is 0.500. The van der Waals surface area contributed by atoms with Crippen molar-refractivity contribution in [2.24, 2.45) is 0 Å². The Kier molecular flexibility index (Phi) is 6.24. The summed E-state index contributed by atoms with van der Waals surface area (Å²) < 4.78 is 19.4. The molecule has 0 aromatic carbocycles. The number of halogens is 2. The minimum absolute atomic E-state index is 0.00521. The molecule has 60 valence electrons. The van der Waals surface area contributed by atoms with Gasteiger partial charge in [0.2, 0.25) is 0 Å². The number of alkyl halides is 2. The molecule has 0 aromatic rings. The highest BCUT2D eigenvalue weighted by atomic mass is 35.5. The molecule has 0 rings (SSSR count). The predicted molar refractivity (Wildman–Crippen MR) is 41.7 cm³/mol. The average molecular weight is 205 g/mol. The first kappa shape index (κ1) is 10.3. The lowest BCUT2D eigenvalue weighted by atomic mass is 10.9. The van der Waals surface area contributed by atoms with Gasteiger partial charge in [-0.25, -0.2) is 4.57 Å². The largest absolute Gasteiger partial charge is 0.435 e. The van der Waals surface area contributed by atoms with E-state index < -0.39 is 13.1 Å². The average Bonchev–Trinajstić information content (AvgIpc) is 1.85. The highest BCUT2D eigenvalue weighted by molar-refractivity contribution is 7.33. The Balaban J connectivity index is 3.30. The van der Waals surface area contributed by atoms with Gasteiger partial charge >= 0.3 is 8.25 Å². The molecule has 0 N–H and O–H groups in total. The molecule has 0 spiro atoms. The van der Waals surface area contributed by atoms with Crippen molar-refractivity contribution >= 4 is 31.5 Å². The van der Waals surface area contributed by atoms with Gasteiger partial charge in [0, 0.05) is 0 Å². The molecule has 0 amide bonds. The quantitative estimate of drug-likeness (QED) is 0.392. The Labute approximate surface area is 69.9 Å². The molecule has 6 heteroatoms. The van der Waals surface area contributed by atoms with Gasteiger partial charge in [-0.3, -0.25) is 4.52 Å². The molecule has 0 radical (unpaired) electrons. The third-order valence-corrected chi connectivity index (χ3v) is 1.52. The van der Waals surface area contributed by atoms with Crippen molar-refractivity contribution in [1.82, 2.24) is 0 Å². The van der Waals surface area contributed by atoms with Gasteiger partial charge in [0.15, 0.2) is 0 Å². The fourth-order valence-electron chi connectivity index (χ4n) is 0.233. The zero-order chi connectivity index (χ0) is 7.98. The van der Waals surface area contributed by atoms with Crippen molar-refractivity contribution in [3.63, 3.8) is 0 Å². The second-order valence-corrected chi connectivity index (χ2v) is 3.54. The molecule has 3 nitrogen and oxygen atoms in total. The summed E-state index contributed by atoms with van der Waals surface area (Å²) in [5, 5.41) is 0. The normalized spacial score (nSPS) is 13.1. The van der Waals surface area contributed by atoms with Crippen LogP contribution in [0.15, 0.2) is 12.8 Å². The Morgan fingerprint density at radius 1 is 1.70 bits per heavy atom. The number of hydrogen-bond donors (Lipinski definition) is 0. The Morgan fingerprint density at radius 3 is 2.70 bits per heavy atom. The molecule has 0 aliphatic heterocycles. The van der Waals surface area contributed by atoms with Crippen LogP contribution >= 0.6 is 31.5 Å². The van der Waals surface area contributed by atoms with Crippen molar-refractivity contribution in [3.8, 4) is 0 Å². The Morgan fingerprint density at radius 2 is 2.30 bits per heavy atom. The molecular formula is C4H7Cl2O3P. The van der Waals surface area contributed by atoms with Crippen molar-refractivity contribution in [2.45, 2.75) is 4.84 Å². The minimum Gasteiger partial charge on any atom is -0.435 e. The third-order valence-electron chi connectivity index (χ3n) is 0.507. The van der Waals surface area contributed by atoms with E-state index in [2.05, 4.69) is 15.6 Å². The first-order valence-electron chi connectivity index (χ1n) is 2.39. The molecule has 1 atom stereocenters. The highest BCUT2D eigenvalue weighted by Crippen LogP contribution is 2.24. The number of rotatable bonds is 5. The van der Waals surface area contributed by atoms with Crippen LogP contribution in [0.2, 0.25) is 0 Å². The summed E-state index contributed by atoms with van der Waals surface area (Å²) >= 11 is 10.5. The molecule has 0 heterocycles. The standard InChI is InChI=1S/C4H7Cl2O3P/c1-2-8-10(7)9-3-4(5)6/h2,4,10H,1,3H2. The molecule has 0 aliphatic carbocycles. The molecular weight excluding hydrogens is 198 g/mol. The van der Waals surface area contributed by atoms with Crippen LogP contribution in [0.5, 0.6) is 0 Å². The van der Waals surface area contributed by atoms with Crippen LogP contribution in [-0.4, -0.2) is 11.4 Å². The summed E-state index contributed by atoms with van der Waals surface area (Å²) in [6.07, 6.45) is 1.04. The van der Waals surface area contributed by atoms with Gasteiger partial charge in [-0.15, -0.1) is 23.2 Å². The Bertz CT molecular complexity index is 128. The van der Waals surface area contributed by atoms with Gasteiger partial charge < -0.3 is 4.52 Å². The lowest BCUT2D eigenvalue weighted by molar-refractivity contribution is 0.283. The van der Waals surface area contributed by atoms with Gasteiger partial charge in [-0.2, -0.15) is 0 Å². The van der Waals surface area contributed by atoms with E-state index in [0.717, 1.165) is 6.26 Å². The SMILES string of the molecule is C=CO[PH](=O)OCC(Cl)Cl. The maximum Gasteiger partial charge on any atom is 0.367 e. The molecule has 0 aromatic heterocycles. The van der Waals surface area contributed by atoms with Crippen LogP contribution in [-0.2, 0) is 13.6 Å². The van der Waals surface area contributed by atoms with Crippen molar-refractivity contribution in [2.75, 3.05) is 6.61 Å². The van der Waals surface area contributed by atoms with E-state index in [1.807, 2.05) is 0 Å². The van der Waals surface area contributed by atoms with Crippen LogP contribution in [0.1, 0.15) is 0 Å². The summed E-state index contributed by atoms with van der Waals surface area (Å²) in [6.45, 7) is 3.18. The van der Waals surface area contributed by atoms with E-state index in [1.165, 1.54) is 0 Å². The molecule has 0 fully saturated rings. The van der Waals surface area contributed by atoms with E-state index in [4.69, 9.17) is 23.2 Å². The van der Waals surface area contributed by atoms with Crippen LogP contribution in [0, 0.1) is 0 Å². The van der Waals surface area contributed by atoms with E-state index in [1.54, 1.807) is 0 Å². The zero-order valence-corrected chi connectivity index (χ0v) is 7.56. The topological polar surface area (TPSA) is 35.5 Å². The van der Waals surface area contributed by atoms with E-state index in [0.29, 0.717) is 0 Å². The minimum atomic E-state index is -2.47. The van der Waals surface area contributed by atoms with E-state index in [-0.39, 0.29) is 6.61 Å². The molecule has 0 bridgehead atoms. The molecule has 10 heavy (non-hydrogen) atoms. The first-order valence-corrected chi connectivity index (χ1v) is 4.49. The van der Waals surface area contributed by atoms with E-state index >= 15 is 0 Å². The molecule has 1 unspecified atom stereocenters. The highest BCUT2D eigenvalue weighted by Gasteiger charge is 2.02. The van der Waals surface area contributed by atoms with E-state index in [9.17, 15) is 4.57 Å². The lowest BCUT2D eigenvalue weighted by Crippen LogP contribution is -1.96. The fourth-order valence-corrected chi connectivity index (χ4v) is 1.08. The Hall–Kier alpha value is 0.310. The van der Waals surface area contributed by atoms with Crippen molar-refractivity contribution in [3.05, 3.63) is 12.8 Å². The van der Waals surface area contributed by atoms with Crippen LogP contribution < -0.4 is 0 Å². The second kappa shape index (κ2) is 6.05. The first-order chi connectivity index (χ1) is 4.66. The van der Waals surface area contributed by atoms with Gasteiger partial charge in [-0.05, 0) is 0 Å². The lowest BCUT2D eigenvalue weighted by Gasteiger charge is -2.01. The van der Waals surface area contributed by atoms with Gasteiger partial charge in [0.25, 0.3) is 0 Å². The van der Waals surface area contributed by atoms with Crippen molar-refractivity contribution < 1.29 is 13.6 Å². The summed E-state index contributed by atoms with van der Waals surface area (Å²) in [4.78, 5) is -0.678. The maximum absolute atomic E-state index is 10.5. The smallest absolute Gasteiger partial charge is 0.367 e. The molecule has 0 saturated heterocycles. The summed E-state index contributed by atoms with van der Waals surface area (Å²) in [6, 6.07) is 0. The summed E-state index contributed by atoms with van der Waals surface area (Å²) in [5.41, 5.74) is 0. The molecule has 0 aliphatic rings. The monoisotopic (exact) mass is 204 g/mol. The van der Waals surface area contributed by atoms with Crippen LogP contribution in [0.25, 0.3) is 0 Å². The van der Waals surface area contributed by atoms with Gasteiger partial charge in [0.1, 0.15) is 4.84 Å². The summed E-state index contributed by atoms with van der Waals surface area (Å²) in [7, 11) is -2.47. The summed E-state index contributed by atoms with van der Waals surface area (Å²) in [5.74, 6) is 0. The van der Waals surface area contributed by atoms with Crippen molar-refractivity contribution in [1.29, 1.82) is 0 Å². The van der Waals surface area contributed by atoms with Gasteiger partial charge in [0.05, 0.1) is 12.9 Å². The number of hydrogen-bond acceptors (Lipinski definition) is 3. The van der Waals surface area contributed by atoms with Crippen LogP contribution in [0.4, 0.5) is 0 Å². The van der Waals surface area contributed by atoms with Crippen LogP contribution in [0.3, 0.4) is 0 Å². The third kappa shape index (κ3) is 6.43. The molecule has 0 saturated carbocycles. The maximum atomic E-state index is 10.5. The predicted octanol–water partition coefficient (Wildman–Crippen LogP) is 2.36. The van der Waals surface area contributed by atoms with Gasteiger partial charge in [-0.1, -0.05) is 6.58 Å². The zero-order valence-electron chi connectivity index (χ0n) is 5.05. The second-order valence-electron chi connectivity index (χ2n) is 1.24.